The van der Waals surface area contributed by atoms with Gasteiger partial charge in [-0.05, 0) is 127 Å². The summed E-state index contributed by atoms with van der Waals surface area (Å²) in [4.78, 5) is 4.99. The van der Waals surface area contributed by atoms with Gasteiger partial charge in [0.1, 0.15) is 0 Å². The highest BCUT2D eigenvalue weighted by Gasteiger charge is 2.37. The van der Waals surface area contributed by atoms with Gasteiger partial charge in [0.05, 0.1) is 11.4 Å². The van der Waals surface area contributed by atoms with Gasteiger partial charge in [0, 0.05) is 49.7 Å². The molecule has 12 aromatic rings. The average molecular weight is 881 g/mol. The molecule has 2 nitrogen and oxygen atoms in total. The third-order valence-corrected chi connectivity index (χ3v) is 14.6. The first-order valence-electron chi connectivity index (χ1n) is 24.0. The van der Waals surface area contributed by atoms with Crippen LogP contribution in [-0.2, 0) is 5.41 Å². The first-order chi connectivity index (χ1) is 34.0. The standard InChI is InChI=1S/C67H48N2/c1-67(2)63-43-55(68(53-33-29-47(30-34-53)45-17-5-3-6-18-45)65-57-25-13-9-21-49(57)41-50-22-10-14-26-58(50)65)37-39-61(63)62-40-38-56(44-64(62)67)69(54-35-31-48(32-36-54)46-19-7-4-8-20-46)66-59-27-15-11-23-51(59)42-52-24-12-16-28-60(52)66/h3-44H,1-2H3. The van der Waals surface area contributed by atoms with E-state index in [0.29, 0.717) is 0 Å². The van der Waals surface area contributed by atoms with Gasteiger partial charge in [0.25, 0.3) is 0 Å². The predicted octanol–water partition coefficient (Wildman–Crippen LogP) is 18.9. The first kappa shape index (κ1) is 40.5. The van der Waals surface area contributed by atoms with Crippen LogP contribution in [0, 0.1) is 0 Å². The summed E-state index contributed by atoms with van der Waals surface area (Å²) in [5, 5.41) is 9.74. The van der Waals surface area contributed by atoms with E-state index in [1.165, 1.54) is 99.0 Å². The van der Waals surface area contributed by atoms with Crippen LogP contribution in [0.15, 0.2) is 255 Å². The van der Waals surface area contributed by atoms with E-state index >= 15 is 0 Å². The fraction of sp³-hybridized carbons (Fsp3) is 0.0448. The summed E-state index contributed by atoms with van der Waals surface area (Å²) >= 11 is 0. The fourth-order valence-electron chi connectivity index (χ4n) is 11.1. The van der Waals surface area contributed by atoms with Crippen LogP contribution in [0.5, 0.6) is 0 Å². The van der Waals surface area contributed by atoms with Crippen molar-refractivity contribution in [1.82, 2.24) is 0 Å². The molecule has 0 radical (unpaired) electrons. The van der Waals surface area contributed by atoms with Gasteiger partial charge >= 0.3 is 0 Å². The van der Waals surface area contributed by atoms with E-state index in [9.17, 15) is 0 Å². The second-order valence-corrected chi connectivity index (χ2v) is 18.9. The summed E-state index contributed by atoms with van der Waals surface area (Å²) in [5.41, 5.74) is 16.5. The molecule has 0 saturated carbocycles. The summed E-state index contributed by atoms with van der Waals surface area (Å²) in [6.45, 7) is 4.81. The second-order valence-electron chi connectivity index (χ2n) is 18.9. The highest BCUT2D eigenvalue weighted by atomic mass is 15.2. The maximum atomic E-state index is 2.50. The van der Waals surface area contributed by atoms with E-state index in [2.05, 4.69) is 278 Å². The summed E-state index contributed by atoms with van der Waals surface area (Å²) in [6.07, 6.45) is 0. The Morgan fingerprint density at radius 1 is 0.261 bits per heavy atom. The van der Waals surface area contributed by atoms with Crippen molar-refractivity contribution in [3.63, 3.8) is 0 Å². The number of fused-ring (bicyclic) bond motifs is 7. The van der Waals surface area contributed by atoms with Crippen molar-refractivity contribution in [2.75, 3.05) is 9.80 Å². The van der Waals surface area contributed by atoms with Crippen LogP contribution in [-0.4, -0.2) is 0 Å². The van der Waals surface area contributed by atoms with Crippen molar-refractivity contribution >= 4 is 77.2 Å². The number of nitrogens with zero attached hydrogens (tertiary/aromatic N) is 2. The Labute approximate surface area is 403 Å². The van der Waals surface area contributed by atoms with Crippen LogP contribution in [0.2, 0.25) is 0 Å². The van der Waals surface area contributed by atoms with E-state index in [-0.39, 0.29) is 5.41 Å². The molecule has 0 saturated heterocycles. The Hall–Kier alpha value is -8.72. The molecule has 0 heterocycles. The smallest absolute Gasteiger partial charge is 0.0618 e. The lowest BCUT2D eigenvalue weighted by Gasteiger charge is -2.31. The Balaban J connectivity index is 0.982. The van der Waals surface area contributed by atoms with Crippen LogP contribution < -0.4 is 9.80 Å². The third-order valence-electron chi connectivity index (χ3n) is 14.6. The van der Waals surface area contributed by atoms with Crippen LogP contribution >= 0.6 is 0 Å². The largest absolute Gasteiger partial charge is 0.309 e. The molecule has 0 atom stereocenters. The van der Waals surface area contributed by atoms with Gasteiger partial charge in [-0.3, -0.25) is 0 Å². The van der Waals surface area contributed by atoms with Gasteiger partial charge in [-0.25, -0.2) is 0 Å². The lowest BCUT2D eigenvalue weighted by molar-refractivity contribution is 0.660. The predicted molar refractivity (Wildman–Crippen MR) is 294 cm³/mol. The van der Waals surface area contributed by atoms with Crippen molar-refractivity contribution in [1.29, 1.82) is 0 Å². The SMILES string of the molecule is CC1(C)c2cc(N(c3ccc(-c4ccccc4)cc3)c3c4ccccc4cc4ccccc34)ccc2-c2ccc(N(c3ccc(-c4ccccc4)cc3)c3c4ccccc4cc4ccccc34)cc21. The minimum Gasteiger partial charge on any atom is -0.309 e. The van der Waals surface area contributed by atoms with Crippen molar-refractivity contribution in [3.8, 4) is 33.4 Å². The fourth-order valence-corrected chi connectivity index (χ4v) is 11.1. The van der Waals surface area contributed by atoms with Crippen molar-refractivity contribution in [3.05, 3.63) is 266 Å². The summed E-state index contributed by atoms with van der Waals surface area (Å²) in [5.74, 6) is 0. The molecule has 0 bridgehead atoms. The Bertz CT molecular complexity index is 3540. The maximum Gasteiger partial charge on any atom is 0.0618 e. The lowest BCUT2D eigenvalue weighted by atomic mass is 9.82. The van der Waals surface area contributed by atoms with Gasteiger partial charge in [0.2, 0.25) is 0 Å². The second kappa shape index (κ2) is 16.3. The summed E-state index contributed by atoms with van der Waals surface area (Å²) in [7, 11) is 0. The molecule has 0 fully saturated rings. The minimum atomic E-state index is -0.315. The lowest BCUT2D eigenvalue weighted by Crippen LogP contribution is -2.18. The van der Waals surface area contributed by atoms with E-state index < -0.39 is 0 Å². The molecule has 69 heavy (non-hydrogen) atoms. The van der Waals surface area contributed by atoms with Crippen LogP contribution in [0.3, 0.4) is 0 Å². The zero-order chi connectivity index (χ0) is 46.1. The molecule has 326 valence electrons. The van der Waals surface area contributed by atoms with E-state index in [1.807, 2.05) is 0 Å². The summed E-state index contributed by atoms with van der Waals surface area (Å²) in [6, 6.07) is 93.8. The molecule has 0 amide bonds. The Kier molecular flexibility index (Phi) is 9.55. The van der Waals surface area contributed by atoms with Crippen molar-refractivity contribution in [2.24, 2.45) is 0 Å². The van der Waals surface area contributed by atoms with Gasteiger partial charge in [-0.2, -0.15) is 0 Å². The van der Waals surface area contributed by atoms with Gasteiger partial charge < -0.3 is 9.80 Å². The maximum absolute atomic E-state index is 2.50. The molecular weight excluding hydrogens is 833 g/mol. The number of hydrogen-bond donors (Lipinski definition) is 0. The number of anilines is 6. The zero-order valence-electron chi connectivity index (χ0n) is 38.6. The molecular formula is C67H48N2. The molecule has 1 aliphatic rings. The number of benzene rings is 12. The number of hydrogen-bond acceptors (Lipinski definition) is 2. The van der Waals surface area contributed by atoms with Gasteiger partial charge in [-0.1, -0.05) is 208 Å². The molecule has 0 aromatic heterocycles. The monoisotopic (exact) mass is 880 g/mol. The molecule has 0 N–H and O–H groups in total. The van der Waals surface area contributed by atoms with Gasteiger partial charge in [0.15, 0.2) is 0 Å². The summed E-state index contributed by atoms with van der Waals surface area (Å²) < 4.78 is 0. The highest BCUT2D eigenvalue weighted by Crippen LogP contribution is 2.54. The molecule has 1 aliphatic carbocycles. The molecule has 12 aromatic carbocycles. The van der Waals surface area contributed by atoms with E-state index in [1.54, 1.807) is 0 Å². The third kappa shape index (κ3) is 6.79. The Morgan fingerprint density at radius 3 is 0.899 bits per heavy atom. The topological polar surface area (TPSA) is 6.48 Å². The van der Waals surface area contributed by atoms with Crippen LogP contribution in [0.1, 0.15) is 25.0 Å². The highest BCUT2D eigenvalue weighted by molar-refractivity contribution is 6.16. The van der Waals surface area contributed by atoms with Crippen LogP contribution in [0.25, 0.3) is 76.5 Å². The zero-order valence-corrected chi connectivity index (χ0v) is 38.6. The normalized spacial score (nSPS) is 12.6. The molecule has 13 rings (SSSR count). The average Bonchev–Trinajstić information content (AvgIpc) is 3.63. The minimum absolute atomic E-state index is 0.315. The number of rotatable bonds is 8. The first-order valence-corrected chi connectivity index (χ1v) is 24.0. The van der Waals surface area contributed by atoms with Crippen molar-refractivity contribution in [2.45, 2.75) is 19.3 Å². The molecule has 2 heteroatoms. The molecule has 0 unspecified atom stereocenters. The Morgan fingerprint density at radius 2 is 0.551 bits per heavy atom. The molecule has 0 spiro atoms. The van der Waals surface area contributed by atoms with E-state index in [0.717, 1.165) is 22.7 Å². The van der Waals surface area contributed by atoms with E-state index in [4.69, 9.17) is 0 Å². The van der Waals surface area contributed by atoms with Crippen LogP contribution in [0.4, 0.5) is 34.1 Å². The quantitative estimate of drug-likeness (QED) is 0.140. The molecule has 0 aliphatic heterocycles. The van der Waals surface area contributed by atoms with Crippen molar-refractivity contribution < 1.29 is 0 Å². The van der Waals surface area contributed by atoms with Gasteiger partial charge in [-0.15, -0.1) is 0 Å².